The Morgan fingerprint density at radius 3 is 2.81 bits per heavy atom. The smallest absolute Gasteiger partial charge is 0.339 e. The maximum Gasteiger partial charge on any atom is 0.339 e. The van der Waals surface area contributed by atoms with E-state index in [1.54, 1.807) is 24.3 Å². The first-order chi connectivity index (χ1) is 14.7. The number of cyclic esters (lactones) is 1. The number of ether oxygens (including phenoxy) is 2. The van der Waals surface area contributed by atoms with Crippen molar-refractivity contribution in [1.82, 2.24) is 0 Å². The van der Waals surface area contributed by atoms with E-state index in [4.69, 9.17) is 9.47 Å². The standard InChI is InChI=1S/C26H32O5/c1-16-8-7-11-20-25(3,13-12-18-14-21(27)30-15-18)17(2)22(28)23(26(16,20)4)31-24(29)19-9-5-6-10-19/h5,8-10,14,17,20,22-23,28H,7,11-13,15H2,1-4H3. The maximum atomic E-state index is 12.8. The van der Waals surface area contributed by atoms with Crippen LogP contribution in [0.4, 0.5) is 0 Å². The lowest BCUT2D eigenvalue weighted by Crippen LogP contribution is -2.64. The second-order valence-corrected chi connectivity index (χ2v) is 9.92. The summed E-state index contributed by atoms with van der Waals surface area (Å²) >= 11 is 0. The van der Waals surface area contributed by atoms with E-state index in [1.165, 1.54) is 5.57 Å². The topological polar surface area (TPSA) is 72.8 Å². The van der Waals surface area contributed by atoms with E-state index < -0.39 is 23.6 Å². The molecule has 1 heterocycles. The minimum absolute atomic E-state index is 0.0703. The van der Waals surface area contributed by atoms with Crippen LogP contribution in [0, 0.1) is 22.7 Å². The monoisotopic (exact) mass is 424 g/mol. The van der Waals surface area contributed by atoms with Gasteiger partial charge in [-0.2, -0.15) is 0 Å². The first-order valence-electron chi connectivity index (χ1n) is 11.2. The summed E-state index contributed by atoms with van der Waals surface area (Å²) in [7, 11) is 0. The van der Waals surface area contributed by atoms with Gasteiger partial charge in [-0.05, 0) is 73.7 Å². The lowest BCUT2D eigenvalue weighted by molar-refractivity contribution is -0.209. The third kappa shape index (κ3) is 3.54. The molecule has 166 valence electrons. The Balaban J connectivity index is 1.65. The molecule has 1 aliphatic heterocycles. The van der Waals surface area contributed by atoms with Crippen LogP contribution in [0.3, 0.4) is 0 Å². The molecule has 1 N–H and O–H groups in total. The van der Waals surface area contributed by atoms with Crippen molar-refractivity contribution in [3.8, 4) is 0 Å². The summed E-state index contributed by atoms with van der Waals surface area (Å²) in [5, 5.41) is 11.5. The minimum Gasteiger partial charge on any atom is -0.458 e. The predicted molar refractivity (Wildman–Crippen MR) is 117 cm³/mol. The second-order valence-electron chi connectivity index (χ2n) is 9.92. The molecule has 1 saturated carbocycles. The molecule has 0 bridgehead atoms. The normalized spacial score (nSPS) is 38.9. The van der Waals surface area contributed by atoms with E-state index >= 15 is 0 Å². The third-order valence-corrected chi connectivity index (χ3v) is 8.50. The van der Waals surface area contributed by atoms with Crippen LogP contribution in [-0.4, -0.2) is 35.9 Å². The fourth-order valence-electron chi connectivity index (χ4n) is 6.24. The van der Waals surface area contributed by atoms with Crippen LogP contribution in [0.2, 0.25) is 0 Å². The maximum absolute atomic E-state index is 12.8. The number of carbonyl (C=O) groups is 2. The van der Waals surface area contributed by atoms with Crippen LogP contribution in [0.1, 0.15) is 53.4 Å². The van der Waals surface area contributed by atoms with E-state index in [2.05, 4.69) is 39.5 Å². The number of aliphatic hydroxyl groups excluding tert-OH is 1. The van der Waals surface area contributed by atoms with Gasteiger partial charge in [0.15, 0.2) is 0 Å². The zero-order chi connectivity index (χ0) is 22.4. The fraction of sp³-hybridized carbons (Fsp3) is 0.577. The molecule has 0 radical (unpaired) electrons. The van der Waals surface area contributed by atoms with Crippen LogP contribution >= 0.6 is 0 Å². The van der Waals surface area contributed by atoms with Gasteiger partial charge >= 0.3 is 11.9 Å². The molecule has 0 aromatic heterocycles. The average Bonchev–Trinajstić information content (AvgIpc) is 3.42. The van der Waals surface area contributed by atoms with Crippen LogP contribution in [0.15, 0.2) is 52.8 Å². The Morgan fingerprint density at radius 1 is 1.39 bits per heavy atom. The van der Waals surface area contributed by atoms with E-state index in [0.29, 0.717) is 12.2 Å². The van der Waals surface area contributed by atoms with E-state index in [9.17, 15) is 14.7 Å². The van der Waals surface area contributed by atoms with Gasteiger partial charge in [-0.25, -0.2) is 9.59 Å². The molecule has 0 amide bonds. The Hall–Kier alpha value is -2.36. The summed E-state index contributed by atoms with van der Waals surface area (Å²) in [4.78, 5) is 24.3. The minimum atomic E-state index is -0.786. The number of hydrogen-bond donors (Lipinski definition) is 1. The number of aliphatic hydroxyl groups is 1. The molecule has 6 atom stereocenters. The first-order valence-corrected chi connectivity index (χ1v) is 11.2. The SMILES string of the molecule is CC1=CCCC2C(C)(CCC3=CC(=O)OC3)C(C)C(O)C(OC(=O)C3=CC=C=C3)C12C. The lowest BCUT2D eigenvalue weighted by Gasteiger charge is -2.62. The van der Waals surface area contributed by atoms with Crippen molar-refractivity contribution in [1.29, 1.82) is 0 Å². The van der Waals surface area contributed by atoms with Crippen molar-refractivity contribution < 1.29 is 24.2 Å². The molecule has 4 aliphatic rings. The summed E-state index contributed by atoms with van der Waals surface area (Å²) in [5.74, 6) is -0.508. The molecule has 31 heavy (non-hydrogen) atoms. The lowest BCUT2D eigenvalue weighted by atomic mass is 9.45. The number of hydrogen-bond acceptors (Lipinski definition) is 5. The Kier molecular flexibility index (Phi) is 5.61. The number of fused-ring (bicyclic) bond motifs is 1. The zero-order valence-electron chi connectivity index (χ0n) is 18.8. The highest BCUT2D eigenvalue weighted by Gasteiger charge is 2.62. The van der Waals surface area contributed by atoms with Crippen molar-refractivity contribution in [2.45, 2.75) is 65.6 Å². The molecule has 3 aliphatic carbocycles. The van der Waals surface area contributed by atoms with Gasteiger partial charge in [-0.15, -0.1) is 5.73 Å². The zero-order valence-corrected chi connectivity index (χ0v) is 18.8. The van der Waals surface area contributed by atoms with Gasteiger partial charge in [0.25, 0.3) is 0 Å². The van der Waals surface area contributed by atoms with E-state index in [1.807, 2.05) is 0 Å². The number of rotatable bonds is 5. The largest absolute Gasteiger partial charge is 0.458 e. The first kappa shape index (κ1) is 21.9. The van der Waals surface area contributed by atoms with Crippen molar-refractivity contribution in [3.63, 3.8) is 0 Å². The van der Waals surface area contributed by atoms with Gasteiger partial charge in [0.05, 0.1) is 11.7 Å². The quantitative estimate of drug-likeness (QED) is 0.407. The van der Waals surface area contributed by atoms with Gasteiger partial charge < -0.3 is 14.6 Å². The highest BCUT2D eigenvalue weighted by Crippen LogP contribution is 2.62. The van der Waals surface area contributed by atoms with Crippen molar-refractivity contribution in [2.75, 3.05) is 6.61 Å². The average molecular weight is 425 g/mol. The molecule has 5 nitrogen and oxygen atoms in total. The molecule has 1 fully saturated rings. The third-order valence-electron chi connectivity index (χ3n) is 8.50. The number of esters is 2. The second kappa shape index (κ2) is 7.96. The summed E-state index contributed by atoms with van der Waals surface area (Å²) < 4.78 is 11.1. The van der Waals surface area contributed by atoms with E-state index in [0.717, 1.165) is 31.3 Å². The molecular formula is C26H32O5. The van der Waals surface area contributed by atoms with Gasteiger partial charge in [0, 0.05) is 11.5 Å². The van der Waals surface area contributed by atoms with Crippen LogP contribution < -0.4 is 0 Å². The number of allylic oxidation sites excluding steroid dienone is 2. The predicted octanol–water partition coefficient (Wildman–Crippen LogP) is 4.19. The molecule has 4 rings (SSSR count). The Labute approximate surface area is 184 Å². The summed E-state index contributed by atoms with van der Waals surface area (Å²) in [6.07, 6.45) is 11.0. The van der Waals surface area contributed by atoms with E-state index in [-0.39, 0.29) is 23.2 Å². The fourth-order valence-corrected chi connectivity index (χ4v) is 6.24. The Morgan fingerprint density at radius 2 is 2.16 bits per heavy atom. The van der Waals surface area contributed by atoms with Gasteiger partial charge in [0.1, 0.15) is 12.7 Å². The molecule has 0 spiro atoms. The number of carbonyl (C=O) groups excluding carboxylic acids is 2. The summed E-state index contributed by atoms with van der Waals surface area (Å²) in [6, 6.07) is 0. The summed E-state index contributed by atoms with van der Waals surface area (Å²) in [5.41, 5.74) is 4.90. The molecule has 5 heteroatoms. The molecule has 0 aromatic carbocycles. The molecule has 0 saturated heterocycles. The highest BCUT2D eigenvalue weighted by molar-refractivity contribution is 5.92. The molecule has 6 unspecified atom stereocenters. The summed E-state index contributed by atoms with van der Waals surface area (Å²) in [6.45, 7) is 8.93. The van der Waals surface area contributed by atoms with Gasteiger partial charge in [-0.3, -0.25) is 0 Å². The van der Waals surface area contributed by atoms with Crippen LogP contribution in [0.5, 0.6) is 0 Å². The van der Waals surface area contributed by atoms with Gasteiger partial charge in [-0.1, -0.05) is 32.4 Å². The van der Waals surface area contributed by atoms with Crippen molar-refractivity contribution in [3.05, 3.63) is 52.8 Å². The molecular weight excluding hydrogens is 392 g/mol. The Bertz CT molecular complexity index is 947. The highest BCUT2D eigenvalue weighted by atomic mass is 16.6. The van der Waals surface area contributed by atoms with Gasteiger partial charge in [0.2, 0.25) is 0 Å². The van der Waals surface area contributed by atoms with Crippen LogP contribution in [0.25, 0.3) is 0 Å². The van der Waals surface area contributed by atoms with Crippen molar-refractivity contribution >= 4 is 11.9 Å². The van der Waals surface area contributed by atoms with Crippen molar-refractivity contribution in [2.24, 2.45) is 22.7 Å². The molecule has 0 aromatic rings. The van der Waals surface area contributed by atoms with Crippen LogP contribution in [-0.2, 0) is 19.1 Å².